The first kappa shape index (κ1) is 14.1. The van der Waals surface area contributed by atoms with E-state index in [1.165, 1.54) is 6.92 Å². The van der Waals surface area contributed by atoms with Gasteiger partial charge < -0.3 is 0 Å². The Morgan fingerprint density at radius 3 is 2.44 bits per heavy atom. The third kappa shape index (κ3) is 4.13. The van der Waals surface area contributed by atoms with Gasteiger partial charge in [-0.1, -0.05) is 37.3 Å². The maximum Gasteiger partial charge on any atom is 0.217 e. The number of hydrogen-bond donors (Lipinski definition) is 0. The zero-order chi connectivity index (χ0) is 13.5. The molecule has 0 saturated heterocycles. The normalized spacial score (nSPS) is 13.1. The number of carbonyl (C=O) groups excluding carboxylic acids is 1. The van der Waals surface area contributed by atoms with Gasteiger partial charge in [0.15, 0.2) is 5.78 Å². The Morgan fingerprint density at radius 1 is 1.39 bits per heavy atom. The highest BCUT2D eigenvalue weighted by Crippen LogP contribution is 2.16. The van der Waals surface area contributed by atoms with Crippen molar-refractivity contribution in [1.29, 1.82) is 0 Å². The molecule has 0 spiro atoms. The Hall–Kier alpha value is -1.97. The molecule has 4 heteroatoms. The summed E-state index contributed by atoms with van der Waals surface area (Å²) in [5.74, 6) is -0.112. The van der Waals surface area contributed by atoms with Gasteiger partial charge in [0.25, 0.3) is 0 Å². The van der Waals surface area contributed by atoms with Gasteiger partial charge in [-0.05, 0) is 18.6 Å². The molecule has 0 aliphatic rings. The van der Waals surface area contributed by atoms with Crippen LogP contribution in [0.5, 0.6) is 0 Å². The summed E-state index contributed by atoms with van der Waals surface area (Å²) in [6, 6.07) is 8.68. The van der Waals surface area contributed by atoms with Crippen LogP contribution in [-0.2, 0) is 4.79 Å². The van der Waals surface area contributed by atoms with Gasteiger partial charge in [0.1, 0.15) is 0 Å². The number of nitro groups is 1. The molecule has 1 rings (SSSR count). The first-order valence-corrected chi connectivity index (χ1v) is 5.94. The Balaban J connectivity index is 2.93. The molecular weight excluding hydrogens is 230 g/mol. The summed E-state index contributed by atoms with van der Waals surface area (Å²) in [5, 5.41) is 10.8. The van der Waals surface area contributed by atoms with Gasteiger partial charge in [0.2, 0.25) is 6.04 Å². The highest BCUT2D eigenvalue weighted by atomic mass is 16.6. The van der Waals surface area contributed by atoms with Crippen molar-refractivity contribution in [3.05, 3.63) is 51.6 Å². The monoisotopic (exact) mass is 247 g/mol. The quantitative estimate of drug-likeness (QED) is 0.441. The molecule has 4 nitrogen and oxygen atoms in total. The van der Waals surface area contributed by atoms with E-state index in [-0.39, 0.29) is 17.1 Å². The van der Waals surface area contributed by atoms with Crippen molar-refractivity contribution < 1.29 is 9.72 Å². The van der Waals surface area contributed by atoms with Crippen LogP contribution in [0, 0.1) is 10.1 Å². The van der Waals surface area contributed by atoms with Crippen molar-refractivity contribution in [1.82, 2.24) is 0 Å². The summed E-state index contributed by atoms with van der Waals surface area (Å²) >= 11 is 0. The molecule has 96 valence electrons. The van der Waals surface area contributed by atoms with Crippen molar-refractivity contribution in [3.8, 4) is 0 Å². The second-order valence-corrected chi connectivity index (χ2v) is 4.19. The van der Waals surface area contributed by atoms with E-state index in [9.17, 15) is 14.9 Å². The highest BCUT2D eigenvalue weighted by molar-refractivity contribution is 5.97. The van der Waals surface area contributed by atoms with E-state index >= 15 is 0 Å². The van der Waals surface area contributed by atoms with Crippen LogP contribution < -0.4 is 0 Å². The summed E-state index contributed by atoms with van der Waals surface area (Å²) in [6.45, 7) is 3.20. The van der Waals surface area contributed by atoms with Crippen LogP contribution >= 0.6 is 0 Å². The summed E-state index contributed by atoms with van der Waals surface area (Å²) in [6.07, 6.45) is 2.34. The van der Waals surface area contributed by atoms with Gasteiger partial charge >= 0.3 is 0 Å². The fourth-order valence-electron chi connectivity index (χ4n) is 1.68. The lowest BCUT2D eigenvalue weighted by Gasteiger charge is -2.08. The van der Waals surface area contributed by atoms with Crippen LogP contribution in [0.15, 0.2) is 35.9 Å². The van der Waals surface area contributed by atoms with Crippen LogP contribution in [0.3, 0.4) is 0 Å². The lowest BCUT2D eigenvalue weighted by atomic mass is 9.99. The van der Waals surface area contributed by atoms with Crippen molar-refractivity contribution in [2.24, 2.45) is 0 Å². The Labute approximate surface area is 106 Å². The zero-order valence-corrected chi connectivity index (χ0v) is 10.6. The van der Waals surface area contributed by atoms with Crippen LogP contribution in [0.1, 0.15) is 32.3 Å². The molecule has 0 amide bonds. The standard InChI is InChI=1S/C14H17NO3/c1-3-14(15(17)18)10-13(11(2)16)9-12-7-5-4-6-8-12/h4-9,14H,3,10H2,1-2H3/b13-9+. The smallest absolute Gasteiger partial charge is 0.217 e. The van der Waals surface area contributed by atoms with Crippen LogP contribution in [0.2, 0.25) is 0 Å². The first-order valence-electron chi connectivity index (χ1n) is 5.94. The molecule has 0 aliphatic heterocycles. The van der Waals surface area contributed by atoms with Gasteiger partial charge in [-0.3, -0.25) is 14.9 Å². The van der Waals surface area contributed by atoms with E-state index < -0.39 is 6.04 Å². The van der Waals surface area contributed by atoms with Crippen LogP contribution in [0.4, 0.5) is 0 Å². The predicted octanol–water partition coefficient (Wildman–Crippen LogP) is 3.10. The van der Waals surface area contributed by atoms with Gasteiger partial charge in [0, 0.05) is 23.3 Å². The summed E-state index contributed by atoms with van der Waals surface area (Å²) < 4.78 is 0. The Morgan fingerprint density at radius 2 is 2.00 bits per heavy atom. The van der Waals surface area contributed by atoms with Gasteiger partial charge in [-0.25, -0.2) is 0 Å². The van der Waals surface area contributed by atoms with E-state index in [0.29, 0.717) is 12.0 Å². The van der Waals surface area contributed by atoms with Gasteiger partial charge in [0.05, 0.1) is 0 Å². The molecule has 0 aliphatic carbocycles. The predicted molar refractivity (Wildman–Crippen MR) is 70.8 cm³/mol. The van der Waals surface area contributed by atoms with Crippen molar-refractivity contribution >= 4 is 11.9 Å². The zero-order valence-electron chi connectivity index (χ0n) is 10.6. The number of carbonyl (C=O) groups is 1. The van der Waals surface area contributed by atoms with E-state index in [4.69, 9.17) is 0 Å². The number of rotatable bonds is 6. The molecule has 1 atom stereocenters. The Kier molecular flexibility index (Phi) is 5.24. The van der Waals surface area contributed by atoms with Crippen LogP contribution in [-0.4, -0.2) is 16.7 Å². The average Bonchev–Trinajstić information content (AvgIpc) is 2.34. The SMILES string of the molecule is CCC(C/C(=C\c1ccccc1)C(C)=O)[N+](=O)[O-]. The minimum atomic E-state index is -0.691. The third-order valence-corrected chi connectivity index (χ3v) is 2.82. The number of ketones is 1. The topological polar surface area (TPSA) is 60.2 Å². The minimum Gasteiger partial charge on any atom is -0.295 e. The molecule has 0 aromatic heterocycles. The maximum absolute atomic E-state index is 11.5. The summed E-state index contributed by atoms with van der Waals surface area (Å²) in [4.78, 5) is 22.0. The van der Waals surface area contributed by atoms with Gasteiger partial charge in [-0.15, -0.1) is 0 Å². The van der Waals surface area contributed by atoms with Gasteiger partial charge in [-0.2, -0.15) is 0 Å². The first-order chi connectivity index (χ1) is 8.54. The Bertz CT molecular complexity index is 451. The molecule has 18 heavy (non-hydrogen) atoms. The lowest BCUT2D eigenvalue weighted by molar-refractivity contribution is -0.522. The molecule has 0 radical (unpaired) electrons. The number of hydrogen-bond acceptors (Lipinski definition) is 3. The second kappa shape index (κ2) is 6.69. The summed E-state index contributed by atoms with van der Waals surface area (Å²) in [5.41, 5.74) is 1.39. The van der Waals surface area contributed by atoms with E-state index in [1.54, 1.807) is 13.0 Å². The van der Waals surface area contributed by atoms with E-state index in [2.05, 4.69) is 0 Å². The second-order valence-electron chi connectivity index (χ2n) is 4.19. The molecule has 1 aromatic carbocycles. The van der Waals surface area contributed by atoms with Crippen molar-refractivity contribution in [2.45, 2.75) is 32.7 Å². The molecule has 0 N–H and O–H groups in total. The molecule has 0 heterocycles. The minimum absolute atomic E-state index is 0.112. The molecule has 0 bridgehead atoms. The maximum atomic E-state index is 11.5. The average molecular weight is 247 g/mol. The fourth-order valence-corrected chi connectivity index (χ4v) is 1.68. The largest absolute Gasteiger partial charge is 0.295 e. The molecule has 1 unspecified atom stereocenters. The molecule has 0 saturated carbocycles. The van der Waals surface area contributed by atoms with E-state index in [1.807, 2.05) is 30.3 Å². The molecular formula is C14H17NO3. The van der Waals surface area contributed by atoms with Crippen molar-refractivity contribution in [3.63, 3.8) is 0 Å². The third-order valence-electron chi connectivity index (χ3n) is 2.82. The van der Waals surface area contributed by atoms with E-state index in [0.717, 1.165) is 5.56 Å². The number of nitrogens with zero attached hydrogens (tertiary/aromatic N) is 1. The van der Waals surface area contributed by atoms with Crippen LogP contribution in [0.25, 0.3) is 6.08 Å². The van der Waals surface area contributed by atoms with Crippen molar-refractivity contribution in [2.75, 3.05) is 0 Å². The number of benzene rings is 1. The molecule has 1 aromatic rings. The number of Topliss-reactive ketones (excluding diaryl/α,β-unsaturated/α-hetero) is 1. The summed E-state index contributed by atoms with van der Waals surface area (Å²) in [7, 11) is 0. The fraction of sp³-hybridized carbons (Fsp3) is 0.357. The lowest BCUT2D eigenvalue weighted by Crippen LogP contribution is -2.20. The molecule has 0 fully saturated rings. The highest BCUT2D eigenvalue weighted by Gasteiger charge is 2.21.